The lowest BCUT2D eigenvalue weighted by Gasteiger charge is -2.13. The Hall–Kier alpha value is -2.69. The summed E-state index contributed by atoms with van der Waals surface area (Å²) >= 11 is 1.87. The van der Waals surface area contributed by atoms with Gasteiger partial charge in [-0.2, -0.15) is 0 Å². The molecule has 4 heteroatoms. The molecule has 0 fully saturated rings. The fraction of sp³-hybridized carbons (Fsp3) is 0.375. The van der Waals surface area contributed by atoms with E-state index in [1.807, 2.05) is 64.7 Å². The highest BCUT2D eigenvalue weighted by Crippen LogP contribution is 2.33. The molecule has 0 aliphatic heterocycles. The van der Waals surface area contributed by atoms with Crippen LogP contribution in [0.25, 0.3) is 11.1 Å². The molecule has 0 aromatic heterocycles. The molecule has 5 N–H and O–H groups in total. The number of benzene rings is 3. The fourth-order valence-corrected chi connectivity index (χ4v) is 4.20. The van der Waals surface area contributed by atoms with Gasteiger partial charge in [0.2, 0.25) is 0 Å². The first-order valence-electron chi connectivity index (χ1n) is 13.1. The van der Waals surface area contributed by atoms with Gasteiger partial charge in [-0.3, -0.25) is 0 Å². The summed E-state index contributed by atoms with van der Waals surface area (Å²) in [6, 6.07) is 25.3. The number of rotatable bonds is 7. The molecule has 200 valence electrons. The van der Waals surface area contributed by atoms with E-state index in [4.69, 9.17) is 5.73 Å². The molecule has 1 unspecified atom stereocenters. The zero-order valence-electron chi connectivity index (χ0n) is 24.0. The summed E-state index contributed by atoms with van der Waals surface area (Å²) in [7, 11) is 1.96. The Morgan fingerprint density at radius 1 is 0.917 bits per heavy atom. The van der Waals surface area contributed by atoms with E-state index in [0.29, 0.717) is 5.25 Å². The minimum absolute atomic E-state index is 0.610. The smallest absolute Gasteiger partial charge is 0.0458 e. The van der Waals surface area contributed by atoms with Gasteiger partial charge in [0.15, 0.2) is 0 Å². The number of nitrogens with one attached hydrogen (secondary N) is 1. The Balaban J connectivity index is 0. The molecule has 0 saturated heterocycles. The molecule has 0 spiro atoms. The maximum atomic E-state index is 6.25. The van der Waals surface area contributed by atoms with Crippen molar-refractivity contribution in [2.75, 3.05) is 12.8 Å². The van der Waals surface area contributed by atoms with Gasteiger partial charge in [0.1, 0.15) is 0 Å². The first-order chi connectivity index (χ1) is 17.4. The predicted octanol–water partition coefficient (Wildman–Crippen LogP) is 9.07. The molecule has 1 atom stereocenters. The molecule has 3 aromatic carbocycles. The van der Waals surface area contributed by atoms with E-state index >= 15 is 0 Å². The average Bonchev–Trinajstić information content (AvgIpc) is 2.90. The third kappa shape index (κ3) is 16.1. The van der Waals surface area contributed by atoms with Crippen LogP contribution in [0.5, 0.6) is 0 Å². The van der Waals surface area contributed by atoms with E-state index in [0.717, 1.165) is 12.2 Å². The highest BCUT2D eigenvalue weighted by molar-refractivity contribution is 8.00. The number of thioether (sulfide) groups is 1. The number of hydrogen-bond donors (Lipinski definition) is 3. The monoisotopic (exact) mass is 509 g/mol. The Kier molecular flexibility index (Phi) is 23.7. The van der Waals surface area contributed by atoms with Crippen LogP contribution >= 0.6 is 11.8 Å². The largest absolute Gasteiger partial charge is 0.405 e. The molecule has 3 rings (SSSR count). The van der Waals surface area contributed by atoms with E-state index in [2.05, 4.69) is 93.0 Å². The molecule has 0 heterocycles. The van der Waals surface area contributed by atoms with Crippen LogP contribution in [0.2, 0.25) is 0 Å². The predicted molar refractivity (Wildman–Crippen MR) is 168 cm³/mol. The zero-order chi connectivity index (χ0) is 27.8. The first-order valence-corrected chi connectivity index (χ1v) is 14.0. The van der Waals surface area contributed by atoms with Gasteiger partial charge >= 0.3 is 0 Å². The molecular formula is C32H51N3S. The van der Waals surface area contributed by atoms with Crippen LogP contribution in [0.15, 0.2) is 90.5 Å². The van der Waals surface area contributed by atoms with Gasteiger partial charge in [0, 0.05) is 22.4 Å². The Morgan fingerprint density at radius 2 is 1.44 bits per heavy atom. The van der Waals surface area contributed by atoms with E-state index in [9.17, 15) is 0 Å². The minimum Gasteiger partial charge on any atom is -0.405 e. The SMILES string of the molecule is C=CN.CC.CC.CCCC(C)Sc1ccc(-c2ccc(CNC)cc2)cc1N.Cc1ccccc1. The molecule has 0 bridgehead atoms. The van der Waals surface area contributed by atoms with Gasteiger partial charge in [-0.15, -0.1) is 11.8 Å². The molecule has 0 radical (unpaired) electrons. The summed E-state index contributed by atoms with van der Waals surface area (Å²) in [5, 5.41) is 3.78. The maximum absolute atomic E-state index is 6.25. The van der Waals surface area contributed by atoms with Gasteiger partial charge in [-0.1, -0.05) is 121 Å². The van der Waals surface area contributed by atoms with Crippen LogP contribution in [-0.4, -0.2) is 12.3 Å². The first kappa shape index (κ1) is 35.5. The van der Waals surface area contributed by atoms with Crippen LogP contribution in [-0.2, 0) is 6.54 Å². The van der Waals surface area contributed by atoms with E-state index in [1.54, 1.807) is 0 Å². The number of nitrogen functional groups attached to an aromatic ring is 1. The van der Waals surface area contributed by atoms with Gasteiger partial charge in [0.05, 0.1) is 0 Å². The van der Waals surface area contributed by atoms with Crippen molar-refractivity contribution in [2.45, 2.75) is 78.0 Å². The van der Waals surface area contributed by atoms with Crippen LogP contribution in [0.4, 0.5) is 5.69 Å². The third-order valence-electron chi connectivity index (χ3n) is 4.64. The lowest BCUT2D eigenvalue weighted by molar-refractivity contribution is 0.787. The number of anilines is 1. The van der Waals surface area contributed by atoms with Gasteiger partial charge in [0.25, 0.3) is 0 Å². The topological polar surface area (TPSA) is 64.1 Å². The summed E-state index contributed by atoms with van der Waals surface area (Å²) in [6.45, 7) is 18.6. The van der Waals surface area contributed by atoms with Crippen molar-refractivity contribution in [3.8, 4) is 11.1 Å². The molecule has 3 nitrogen and oxygen atoms in total. The average molecular weight is 510 g/mol. The molecule has 36 heavy (non-hydrogen) atoms. The van der Waals surface area contributed by atoms with Gasteiger partial charge in [-0.25, -0.2) is 0 Å². The number of nitrogens with two attached hydrogens (primary N) is 2. The highest BCUT2D eigenvalue weighted by Gasteiger charge is 2.08. The normalized spacial score (nSPS) is 9.89. The summed E-state index contributed by atoms with van der Waals surface area (Å²) < 4.78 is 0. The van der Waals surface area contributed by atoms with Crippen molar-refractivity contribution in [3.05, 3.63) is 96.7 Å². The van der Waals surface area contributed by atoms with Crippen molar-refractivity contribution >= 4 is 17.4 Å². The number of hydrogen-bond acceptors (Lipinski definition) is 4. The second-order valence-electron chi connectivity index (χ2n) is 7.59. The van der Waals surface area contributed by atoms with Crippen LogP contribution in [0, 0.1) is 6.92 Å². The minimum atomic E-state index is 0.610. The van der Waals surface area contributed by atoms with E-state index < -0.39 is 0 Å². The molecular weight excluding hydrogens is 458 g/mol. The molecule has 0 amide bonds. The van der Waals surface area contributed by atoms with Crippen molar-refractivity contribution < 1.29 is 0 Å². The second-order valence-corrected chi connectivity index (χ2v) is 9.07. The van der Waals surface area contributed by atoms with Crippen molar-refractivity contribution in [3.63, 3.8) is 0 Å². The summed E-state index contributed by atoms with van der Waals surface area (Å²) in [5.41, 5.74) is 16.7. The van der Waals surface area contributed by atoms with Crippen molar-refractivity contribution in [2.24, 2.45) is 5.73 Å². The molecule has 3 aromatic rings. The van der Waals surface area contributed by atoms with Crippen LogP contribution < -0.4 is 16.8 Å². The molecule has 0 aliphatic rings. The van der Waals surface area contributed by atoms with E-state index in [1.165, 1.54) is 46.2 Å². The summed E-state index contributed by atoms with van der Waals surface area (Å²) in [6.07, 6.45) is 3.68. The van der Waals surface area contributed by atoms with Crippen LogP contribution in [0.3, 0.4) is 0 Å². The van der Waals surface area contributed by atoms with Crippen LogP contribution in [0.1, 0.15) is 65.5 Å². The summed E-state index contributed by atoms with van der Waals surface area (Å²) in [5.74, 6) is 0. The third-order valence-corrected chi connectivity index (χ3v) is 5.91. The maximum Gasteiger partial charge on any atom is 0.0458 e. The zero-order valence-corrected chi connectivity index (χ0v) is 24.8. The van der Waals surface area contributed by atoms with Crippen molar-refractivity contribution in [1.82, 2.24) is 5.32 Å². The standard InChI is InChI=1S/C19H26N2S.C7H8.C2H5N.2C2H6/c1-4-5-14(2)22-19-11-10-17(12-18(19)20)16-8-6-15(7-9-16)13-21-3;1-7-5-3-2-4-6-7;1-2-3;2*1-2/h6-12,14,21H,4-5,13,20H2,1-3H3;2-6H,1H3;2H,1,3H2;2*1-2H3. The van der Waals surface area contributed by atoms with E-state index in [-0.39, 0.29) is 0 Å². The van der Waals surface area contributed by atoms with Crippen molar-refractivity contribution in [1.29, 1.82) is 0 Å². The Morgan fingerprint density at radius 3 is 1.86 bits per heavy atom. The highest BCUT2D eigenvalue weighted by atomic mass is 32.2. The lowest BCUT2D eigenvalue weighted by Crippen LogP contribution is -2.04. The molecule has 0 saturated carbocycles. The number of aryl methyl sites for hydroxylation is 1. The Bertz CT molecular complexity index is 893. The quantitative estimate of drug-likeness (QED) is 0.219. The Labute approximate surface area is 226 Å². The second kappa shape index (κ2) is 24.0. The summed E-state index contributed by atoms with van der Waals surface area (Å²) in [4.78, 5) is 1.19. The molecule has 0 aliphatic carbocycles. The van der Waals surface area contributed by atoms with Gasteiger partial charge in [-0.05, 0) is 55.4 Å². The fourth-order valence-electron chi connectivity index (χ4n) is 3.07. The van der Waals surface area contributed by atoms with Gasteiger partial charge < -0.3 is 16.8 Å². The lowest BCUT2D eigenvalue weighted by atomic mass is 10.0.